The highest BCUT2D eigenvalue weighted by molar-refractivity contribution is 5.86. The first-order valence-corrected chi connectivity index (χ1v) is 3.01. The molecule has 1 aromatic heterocycles. The molecule has 1 radical (unpaired) electrons. The standard InChI is InChI=1S/C7H7N2O2/c8-6(10)3-5-1-2-9-7(11)4-5/h1-4H,(H2,8,10)(H,9,11). The van der Waals surface area contributed by atoms with Crippen LogP contribution in [0.2, 0.25) is 0 Å². The van der Waals surface area contributed by atoms with Crippen LogP contribution in [0.15, 0.2) is 23.1 Å². The monoisotopic (exact) mass is 151 g/mol. The Bertz CT molecular complexity index is 316. The molecule has 1 aromatic rings. The third-order valence-electron chi connectivity index (χ3n) is 1.11. The Balaban J connectivity index is 2.88. The van der Waals surface area contributed by atoms with Gasteiger partial charge in [0.25, 0.3) is 0 Å². The van der Waals surface area contributed by atoms with Crippen LogP contribution in [0.5, 0.6) is 0 Å². The molecule has 3 N–H and O–H groups in total. The maximum absolute atomic E-state index is 10.6. The lowest BCUT2D eigenvalue weighted by atomic mass is 10.2. The Morgan fingerprint density at radius 3 is 2.91 bits per heavy atom. The first-order valence-electron chi connectivity index (χ1n) is 3.01. The van der Waals surface area contributed by atoms with Gasteiger partial charge in [-0.3, -0.25) is 9.59 Å². The molecule has 0 spiro atoms. The number of hydrogen-bond donors (Lipinski definition) is 2. The van der Waals surface area contributed by atoms with Crippen LogP contribution in [0, 0.1) is 6.42 Å². The van der Waals surface area contributed by atoms with E-state index in [-0.39, 0.29) is 5.56 Å². The van der Waals surface area contributed by atoms with E-state index >= 15 is 0 Å². The fraction of sp³-hybridized carbons (Fsp3) is 0. The fourth-order valence-corrected chi connectivity index (χ4v) is 0.715. The highest BCUT2D eigenvalue weighted by Gasteiger charge is 1.97. The average Bonchev–Trinajstić information content (AvgIpc) is 1.85. The van der Waals surface area contributed by atoms with Crippen molar-refractivity contribution in [2.75, 3.05) is 0 Å². The number of aromatic nitrogens is 1. The Hall–Kier alpha value is -1.58. The summed E-state index contributed by atoms with van der Waals surface area (Å²) in [7, 11) is 0. The number of nitrogens with one attached hydrogen (secondary N) is 1. The number of hydrogen-bond acceptors (Lipinski definition) is 2. The second-order valence-electron chi connectivity index (χ2n) is 2.03. The van der Waals surface area contributed by atoms with Crippen molar-refractivity contribution in [1.29, 1.82) is 0 Å². The molecule has 57 valence electrons. The Kier molecular flexibility index (Phi) is 2.06. The molecule has 0 aliphatic heterocycles. The first kappa shape index (κ1) is 7.53. The maximum Gasteiger partial charge on any atom is 0.248 e. The number of pyridine rings is 1. The van der Waals surface area contributed by atoms with E-state index in [9.17, 15) is 9.59 Å². The van der Waals surface area contributed by atoms with Gasteiger partial charge in [0.2, 0.25) is 11.5 Å². The van der Waals surface area contributed by atoms with Gasteiger partial charge < -0.3 is 10.7 Å². The Morgan fingerprint density at radius 1 is 1.64 bits per heavy atom. The van der Waals surface area contributed by atoms with Gasteiger partial charge in [0.1, 0.15) is 0 Å². The molecule has 0 aliphatic rings. The highest BCUT2D eigenvalue weighted by Crippen LogP contribution is 1.94. The van der Waals surface area contributed by atoms with Crippen LogP contribution in [0.25, 0.3) is 0 Å². The minimum atomic E-state index is -0.560. The zero-order valence-electron chi connectivity index (χ0n) is 5.70. The normalized spacial score (nSPS) is 9.45. The molecule has 0 bridgehead atoms. The smallest absolute Gasteiger partial charge is 0.248 e. The summed E-state index contributed by atoms with van der Waals surface area (Å²) < 4.78 is 0. The zero-order valence-corrected chi connectivity index (χ0v) is 5.70. The van der Waals surface area contributed by atoms with Crippen molar-refractivity contribution in [3.05, 3.63) is 40.7 Å². The Labute approximate surface area is 63.0 Å². The van der Waals surface area contributed by atoms with Gasteiger partial charge in [0.15, 0.2) is 0 Å². The number of amides is 1. The van der Waals surface area contributed by atoms with Crippen molar-refractivity contribution in [3.63, 3.8) is 0 Å². The third kappa shape index (κ3) is 2.25. The van der Waals surface area contributed by atoms with Crippen LogP contribution in [0.1, 0.15) is 5.56 Å². The van der Waals surface area contributed by atoms with E-state index in [1.54, 1.807) is 6.07 Å². The summed E-state index contributed by atoms with van der Waals surface area (Å²) in [5.74, 6) is -0.560. The van der Waals surface area contributed by atoms with Crippen LogP contribution in [0.3, 0.4) is 0 Å². The van der Waals surface area contributed by atoms with E-state index < -0.39 is 5.91 Å². The van der Waals surface area contributed by atoms with Crippen molar-refractivity contribution in [1.82, 2.24) is 4.98 Å². The van der Waals surface area contributed by atoms with E-state index in [4.69, 9.17) is 5.73 Å². The zero-order chi connectivity index (χ0) is 8.27. The SMILES string of the molecule is NC(=O)[CH]c1cc[nH]c(=O)c1. The van der Waals surface area contributed by atoms with Gasteiger partial charge in [0.05, 0.1) is 6.42 Å². The van der Waals surface area contributed by atoms with Crippen LogP contribution < -0.4 is 11.3 Å². The predicted octanol–water partition coefficient (Wildman–Crippen LogP) is -0.587. The van der Waals surface area contributed by atoms with E-state index in [1.165, 1.54) is 18.7 Å². The van der Waals surface area contributed by atoms with Gasteiger partial charge in [0, 0.05) is 12.3 Å². The number of aromatic amines is 1. The minimum absolute atomic E-state index is 0.250. The quantitative estimate of drug-likeness (QED) is 0.592. The van der Waals surface area contributed by atoms with Gasteiger partial charge in [-0.05, 0) is 11.6 Å². The lowest BCUT2D eigenvalue weighted by molar-refractivity contribution is -0.114. The average molecular weight is 151 g/mol. The number of rotatable bonds is 2. The molecule has 1 heterocycles. The van der Waals surface area contributed by atoms with E-state index in [0.29, 0.717) is 5.56 Å². The van der Waals surface area contributed by atoms with Crippen LogP contribution in [-0.2, 0) is 4.79 Å². The van der Waals surface area contributed by atoms with E-state index in [0.717, 1.165) is 0 Å². The summed E-state index contributed by atoms with van der Waals surface area (Å²) in [5, 5.41) is 0. The molecule has 4 nitrogen and oxygen atoms in total. The molecule has 0 saturated heterocycles. The number of carbonyl (C=O) groups excluding carboxylic acids is 1. The largest absolute Gasteiger partial charge is 0.369 e. The molecule has 0 unspecified atom stereocenters. The summed E-state index contributed by atoms with van der Waals surface area (Å²) in [6.45, 7) is 0. The van der Waals surface area contributed by atoms with Crippen LogP contribution >= 0.6 is 0 Å². The van der Waals surface area contributed by atoms with Gasteiger partial charge in [-0.25, -0.2) is 0 Å². The maximum atomic E-state index is 10.6. The minimum Gasteiger partial charge on any atom is -0.369 e. The van der Waals surface area contributed by atoms with Gasteiger partial charge in [-0.1, -0.05) is 0 Å². The lowest BCUT2D eigenvalue weighted by Crippen LogP contribution is -2.13. The number of H-pyrrole nitrogens is 1. The molecule has 0 aliphatic carbocycles. The molecule has 4 heteroatoms. The lowest BCUT2D eigenvalue weighted by Gasteiger charge is -1.92. The van der Waals surface area contributed by atoms with Crippen LogP contribution in [0.4, 0.5) is 0 Å². The molecule has 0 fully saturated rings. The van der Waals surface area contributed by atoms with Crippen molar-refractivity contribution in [2.24, 2.45) is 5.73 Å². The van der Waals surface area contributed by atoms with Gasteiger partial charge >= 0.3 is 0 Å². The molecule has 0 aromatic carbocycles. The van der Waals surface area contributed by atoms with E-state index in [2.05, 4.69) is 4.98 Å². The van der Waals surface area contributed by atoms with Gasteiger partial charge in [-0.15, -0.1) is 0 Å². The van der Waals surface area contributed by atoms with Crippen molar-refractivity contribution in [2.45, 2.75) is 0 Å². The fourth-order valence-electron chi connectivity index (χ4n) is 0.715. The van der Waals surface area contributed by atoms with E-state index in [1.807, 2.05) is 0 Å². The summed E-state index contributed by atoms with van der Waals surface area (Å²) in [4.78, 5) is 23.4. The van der Waals surface area contributed by atoms with Crippen molar-refractivity contribution < 1.29 is 4.79 Å². The van der Waals surface area contributed by atoms with Crippen molar-refractivity contribution >= 4 is 5.91 Å². The third-order valence-corrected chi connectivity index (χ3v) is 1.11. The number of carbonyl (C=O) groups is 1. The van der Waals surface area contributed by atoms with Crippen LogP contribution in [-0.4, -0.2) is 10.9 Å². The molecule has 0 atom stereocenters. The van der Waals surface area contributed by atoms with Gasteiger partial charge in [-0.2, -0.15) is 0 Å². The molecule has 11 heavy (non-hydrogen) atoms. The predicted molar refractivity (Wildman–Crippen MR) is 39.7 cm³/mol. The second-order valence-corrected chi connectivity index (χ2v) is 2.03. The summed E-state index contributed by atoms with van der Waals surface area (Å²) >= 11 is 0. The number of primary amides is 1. The summed E-state index contributed by atoms with van der Waals surface area (Å²) in [5.41, 5.74) is 5.13. The molecule has 0 saturated carbocycles. The summed E-state index contributed by atoms with van der Waals surface area (Å²) in [6, 6.07) is 2.89. The highest BCUT2D eigenvalue weighted by atomic mass is 16.1. The topological polar surface area (TPSA) is 76.0 Å². The molecular weight excluding hydrogens is 144 g/mol. The Morgan fingerprint density at radius 2 is 2.36 bits per heavy atom. The van der Waals surface area contributed by atoms with Crippen molar-refractivity contribution in [3.8, 4) is 0 Å². The second kappa shape index (κ2) is 3.01. The first-order chi connectivity index (χ1) is 5.18. The number of nitrogens with two attached hydrogens (primary N) is 1. The molecule has 1 rings (SSSR count). The molecular formula is C7H7N2O2. The summed E-state index contributed by atoms with van der Waals surface area (Å²) in [6.07, 6.45) is 2.65. The molecule has 1 amide bonds.